The predicted octanol–water partition coefficient (Wildman–Crippen LogP) is 1.51. The highest BCUT2D eigenvalue weighted by Gasteiger charge is 2.22. The van der Waals surface area contributed by atoms with E-state index in [2.05, 4.69) is 20.0 Å². The third kappa shape index (κ3) is 8.74. The zero-order valence-electron chi connectivity index (χ0n) is 24.0. The Morgan fingerprint density at radius 1 is 1.04 bits per heavy atom. The third-order valence-electron chi connectivity index (χ3n) is 6.08. The summed E-state index contributed by atoms with van der Waals surface area (Å²) in [6, 6.07) is 13.1. The van der Waals surface area contributed by atoms with Gasteiger partial charge in [0.25, 0.3) is 10.0 Å². The number of hydrogen-bond acceptors (Lipinski definition) is 12. The molecule has 0 spiro atoms. The van der Waals surface area contributed by atoms with E-state index >= 15 is 0 Å². The number of anilines is 1. The summed E-state index contributed by atoms with van der Waals surface area (Å²) in [5.74, 6) is -1.31. The van der Waals surface area contributed by atoms with Crippen LogP contribution in [-0.4, -0.2) is 84.8 Å². The van der Waals surface area contributed by atoms with Crippen LogP contribution in [0, 0.1) is 0 Å². The third-order valence-corrected chi connectivity index (χ3v) is 8.96. The number of carboxylic acids is 1. The molecule has 2 aromatic carbocycles. The molecule has 16 nitrogen and oxygen atoms in total. The topological polar surface area (TPSA) is 208 Å². The Bertz CT molecular complexity index is 1840. The number of thiazole rings is 1. The second-order valence-corrected chi connectivity index (χ2v) is 12.1. The van der Waals surface area contributed by atoms with E-state index in [4.69, 9.17) is 14.2 Å². The van der Waals surface area contributed by atoms with Crippen LogP contribution in [0.25, 0.3) is 10.2 Å². The number of carboxylic acid groups (broad SMARTS) is 1. The van der Waals surface area contributed by atoms with Gasteiger partial charge in [-0.05, 0) is 35.9 Å². The van der Waals surface area contributed by atoms with E-state index in [0.717, 1.165) is 20.8 Å². The van der Waals surface area contributed by atoms with Crippen LogP contribution >= 0.6 is 11.3 Å². The number of aromatic nitrogens is 3. The molecular weight excluding hydrogens is 632 g/mol. The highest BCUT2D eigenvalue weighted by molar-refractivity contribution is 7.91. The van der Waals surface area contributed by atoms with Crippen molar-refractivity contribution in [3.05, 3.63) is 70.8 Å². The maximum Gasteiger partial charge on any atom is 0.413 e. The highest BCUT2D eigenvalue weighted by Crippen LogP contribution is 2.28. The molecule has 18 heteroatoms. The summed E-state index contributed by atoms with van der Waals surface area (Å²) in [7, 11) is -1.07. The van der Waals surface area contributed by atoms with Crippen molar-refractivity contribution in [1.82, 2.24) is 24.2 Å². The van der Waals surface area contributed by atoms with E-state index in [1.165, 1.54) is 26.5 Å². The minimum atomic E-state index is -4.03. The van der Waals surface area contributed by atoms with Crippen molar-refractivity contribution in [3.63, 3.8) is 0 Å². The molecule has 0 unspecified atom stereocenters. The van der Waals surface area contributed by atoms with Crippen LogP contribution in [0.3, 0.4) is 0 Å². The van der Waals surface area contributed by atoms with E-state index in [9.17, 15) is 32.7 Å². The number of nitrogens with one attached hydrogen (secondary N) is 2. The van der Waals surface area contributed by atoms with Crippen molar-refractivity contribution in [1.29, 1.82) is 0 Å². The number of amides is 2. The lowest BCUT2D eigenvalue weighted by Gasteiger charge is -2.21. The Kier molecular flexibility index (Phi) is 10.7. The molecule has 0 radical (unpaired) electrons. The Morgan fingerprint density at radius 2 is 1.80 bits per heavy atom. The second kappa shape index (κ2) is 14.6. The van der Waals surface area contributed by atoms with Crippen molar-refractivity contribution >= 4 is 55.4 Å². The first kappa shape index (κ1) is 32.8. The standard InChI is InChI=1S/C27H28N6O10S2/c1-41-19-8-7-17(13-20(19)42-2)16-43-26(38)31-22-9-11-33(25(37)30-22)14-23(34)32(15-24(35)36)12-10-28-45(39,40)27-29-18-5-3-4-6-21(18)44-27/h3-9,11,13,28H,10,12,14-16H2,1-2H3,(H,35,36)(H,30,31,37,38). The number of ether oxygens (including phenoxy) is 3. The summed E-state index contributed by atoms with van der Waals surface area (Å²) in [6.07, 6.45) is 0.290. The molecule has 0 aliphatic rings. The average molecular weight is 661 g/mol. The number of methoxy groups -OCH3 is 2. The van der Waals surface area contributed by atoms with Crippen molar-refractivity contribution in [2.75, 3.05) is 39.2 Å². The molecule has 0 bridgehead atoms. The molecule has 2 aromatic heterocycles. The Morgan fingerprint density at radius 3 is 2.49 bits per heavy atom. The van der Waals surface area contributed by atoms with Crippen LogP contribution < -0.4 is 25.2 Å². The van der Waals surface area contributed by atoms with E-state index in [-0.39, 0.29) is 29.9 Å². The van der Waals surface area contributed by atoms with Crippen LogP contribution in [-0.2, 0) is 37.5 Å². The number of rotatable bonds is 14. The van der Waals surface area contributed by atoms with Gasteiger partial charge < -0.3 is 24.2 Å². The Balaban J connectivity index is 1.32. The normalized spacial score (nSPS) is 11.2. The lowest BCUT2D eigenvalue weighted by Crippen LogP contribution is -2.43. The van der Waals surface area contributed by atoms with E-state index in [1.54, 1.807) is 42.5 Å². The molecule has 2 heterocycles. The number of sulfonamides is 1. The van der Waals surface area contributed by atoms with Crippen molar-refractivity contribution in [3.8, 4) is 11.5 Å². The minimum absolute atomic E-state index is 0.117. The lowest BCUT2D eigenvalue weighted by molar-refractivity contribution is -0.144. The zero-order valence-corrected chi connectivity index (χ0v) is 25.6. The molecule has 0 atom stereocenters. The lowest BCUT2D eigenvalue weighted by atomic mass is 10.2. The average Bonchev–Trinajstić information content (AvgIpc) is 3.46. The molecule has 45 heavy (non-hydrogen) atoms. The molecule has 0 fully saturated rings. The number of para-hydroxylation sites is 1. The highest BCUT2D eigenvalue weighted by atomic mass is 32.2. The van der Waals surface area contributed by atoms with Gasteiger partial charge >= 0.3 is 17.8 Å². The Hall–Kier alpha value is -5.07. The monoisotopic (exact) mass is 660 g/mol. The smallest absolute Gasteiger partial charge is 0.413 e. The molecule has 2 amide bonds. The SMILES string of the molecule is COc1ccc(COC(=O)Nc2ccn(CC(=O)N(CCNS(=O)(=O)c3nc4ccccc4s3)CC(=O)O)c(=O)n2)cc1OC. The second-order valence-electron chi connectivity index (χ2n) is 9.17. The van der Waals surface area contributed by atoms with Crippen LogP contribution in [0.1, 0.15) is 5.56 Å². The maximum atomic E-state index is 12.9. The van der Waals surface area contributed by atoms with Crippen LogP contribution in [0.5, 0.6) is 11.5 Å². The fourth-order valence-electron chi connectivity index (χ4n) is 3.92. The summed E-state index contributed by atoms with van der Waals surface area (Å²) in [5, 5.41) is 11.6. The van der Waals surface area contributed by atoms with Gasteiger partial charge in [-0.2, -0.15) is 4.98 Å². The van der Waals surface area contributed by atoms with Gasteiger partial charge in [0, 0.05) is 19.3 Å². The first-order valence-corrected chi connectivity index (χ1v) is 15.4. The molecule has 0 saturated carbocycles. The van der Waals surface area contributed by atoms with Crippen molar-refractivity contribution in [2.24, 2.45) is 0 Å². The predicted molar refractivity (Wildman–Crippen MR) is 161 cm³/mol. The maximum absolute atomic E-state index is 12.9. The summed E-state index contributed by atoms with van der Waals surface area (Å²) >= 11 is 0.968. The van der Waals surface area contributed by atoms with Gasteiger partial charge in [-0.15, -0.1) is 11.3 Å². The van der Waals surface area contributed by atoms with E-state index in [1.807, 2.05) is 0 Å². The number of carbonyl (C=O) groups is 3. The fraction of sp³-hybridized carbons (Fsp3) is 0.259. The molecule has 4 rings (SSSR count). The van der Waals surface area contributed by atoms with Crippen LogP contribution in [0.2, 0.25) is 0 Å². The van der Waals surface area contributed by atoms with Gasteiger partial charge in [0.05, 0.1) is 24.4 Å². The van der Waals surface area contributed by atoms with Crippen molar-refractivity contribution in [2.45, 2.75) is 17.5 Å². The van der Waals surface area contributed by atoms with Crippen LogP contribution in [0.4, 0.5) is 10.6 Å². The summed E-state index contributed by atoms with van der Waals surface area (Å²) in [6.45, 7) is -2.06. The number of carbonyl (C=O) groups excluding carboxylic acids is 2. The number of benzene rings is 2. The molecule has 3 N–H and O–H groups in total. The first-order chi connectivity index (χ1) is 21.5. The number of aliphatic carboxylic acids is 1. The van der Waals surface area contributed by atoms with Gasteiger partial charge in [-0.25, -0.2) is 27.7 Å². The molecule has 0 saturated heterocycles. The zero-order chi connectivity index (χ0) is 32.6. The van der Waals surface area contributed by atoms with Gasteiger partial charge in [0.15, 0.2) is 11.5 Å². The number of fused-ring (bicyclic) bond motifs is 1. The van der Waals surface area contributed by atoms with Crippen LogP contribution in [0.15, 0.2) is 63.9 Å². The molecule has 0 aliphatic carbocycles. The minimum Gasteiger partial charge on any atom is -0.493 e. The summed E-state index contributed by atoms with van der Waals surface area (Å²) in [5.41, 5.74) is 0.213. The molecular formula is C27H28N6O10S2. The van der Waals surface area contributed by atoms with Gasteiger partial charge in [0.1, 0.15) is 25.5 Å². The molecule has 0 aliphatic heterocycles. The quantitative estimate of drug-likeness (QED) is 0.176. The van der Waals surface area contributed by atoms with Crippen molar-refractivity contribution < 1.29 is 42.1 Å². The summed E-state index contributed by atoms with van der Waals surface area (Å²) in [4.78, 5) is 57.7. The summed E-state index contributed by atoms with van der Waals surface area (Å²) < 4.78 is 44.6. The number of hydrogen-bond donors (Lipinski definition) is 3. The first-order valence-electron chi connectivity index (χ1n) is 13.1. The van der Waals surface area contributed by atoms with Gasteiger partial charge in [-0.1, -0.05) is 18.2 Å². The fourth-order valence-corrected chi connectivity index (χ4v) is 6.21. The van der Waals surface area contributed by atoms with Gasteiger partial charge in [0.2, 0.25) is 10.2 Å². The Labute approximate surface area is 260 Å². The largest absolute Gasteiger partial charge is 0.493 e. The van der Waals surface area contributed by atoms with E-state index < -0.39 is 46.8 Å². The number of nitrogens with zero attached hydrogens (tertiary/aromatic N) is 4. The van der Waals surface area contributed by atoms with Gasteiger partial charge in [-0.3, -0.25) is 19.5 Å². The molecule has 4 aromatic rings. The molecule has 238 valence electrons. The van der Waals surface area contributed by atoms with E-state index in [0.29, 0.717) is 27.3 Å².